The van der Waals surface area contributed by atoms with Crippen molar-refractivity contribution in [3.05, 3.63) is 32.3 Å². The van der Waals surface area contributed by atoms with Crippen molar-refractivity contribution in [2.75, 3.05) is 18.0 Å². The Bertz CT molecular complexity index is 471. The molecule has 0 atom stereocenters. The van der Waals surface area contributed by atoms with Crippen LogP contribution in [0.2, 0.25) is 0 Å². The molecule has 0 unspecified atom stereocenters. The summed E-state index contributed by atoms with van der Waals surface area (Å²) in [6.07, 6.45) is 1.92. The fourth-order valence-corrected chi connectivity index (χ4v) is 2.82. The van der Waals surface area contributed by atoms with Crippen LogP contribution < -0.4 is 10.6 Å². The second-order valence-electron chi connectivity index (χ2n) is 4.67. The molecule has 6 heteroatoms. The van der Waals surface area contributed by atoms with Gasteiger partial charge in [-0.2, -0.15) is 0 Å². The maximum absolute atomic E-state index is 10.9. The van der Waals surface area contributed by atoms with Gasteiger partial charge in [0, 0.05) is 35.2 Å². The van der Waals surface area contributed by atoms with Gasteiger partial charge in [0.05, 0.1) is 10.6 Å². The maximum Gasteiger partial charge on any atom is 0.273 e. The predicted molar refractivity (Wildman–Crippen MR) is 75.0 cm³/mol. The van der Waals surface area contributed by atoms with Crippen molar-refractivity contribution in [3.8, 4) is 0 Å². The number of hydrogen-bond donors (Lipinski definition) is 1. The van der Waals surface area contributed by atoms with E-state index < -0.39 is 0 Å². The molecule has 0 aromatic heterocycles. The Kier molecular flexibility index (Phi) is 3.87. The third-order valence-electron chi connectivity index (χ3n) is 3.34. The molecule has 0 amide bonds. The topological polar surface area (TPSA) is 72.4 Å². The SMILES string of the molecule is Cc1cc(N2CCC(N)CC2)c(Br)cc1[N+](=O)[O-]. The molecule has 1 aliphatic rings. The van der Waals surface area contributed by atoms with Crippen molar-refractivity contribution in [2.45, 2.75) is 25.8 Å². The molecule has 1 aromatic rings. The van der Waals surface area contributed by atoms with Crippen LogP contribution in [0.5, 0.6) is 0 Å². The zero-order chi connectivity index (χ0) is 13.3. The van der Waals surface area contributed by atoms with Gasteiger partial charge in [0.2, 0.25) is 0 Å². The monoisotopic (exact) mass is 313 g/mol. The number of nitrogens with two attached hydrogens (primary N) is 1. The van der Waals surface area contributed by atoms with E-state index in [-0.39, 0.29) is 16.7 Å². The lowest BCUT2D eigenvalue weighted by Gasteiger charge is -2.32. The van der Waals surface area contributed by atoms with Gasteiger partial charge in [0.15, 0.2) is 0 Å². The van der Waals surface area contributed by atoms with Gasteiger partial charge in [0.25, 0.3) is 5.69 Å². The second-order valence-corrected chi connectivity index (χ2v) is 5.53. The molecule has 18 heavy (non-hydrogen) atoms. The molecule has 0 spiro atoms. The average molecular weight is 314 g/mol. The molecule has 1 aromatic carbocycles. The van der Waals surface area contributed by atoms with E-state index in [1.165, 1.54) is 0 Å². The van der Waals surface area contributed by atoms with Gasteiger partial charge >= 0.3 is 0 Å². The summed E-state index contributed by atoms with van der Waals surface area (Å²) < 4.78 is 0.773. The van der Waals surface area contributed by atoms with Crippen LogP contribution in [-0.4, -0.2) is 24.1 Å². The van der Waals surface area contributed by atoms with Gasteiger partial charge in [-0.15, -0.1) is 0 Å². The Balaban J connectivity index is 2.29. The molecule has 0 radical (unpaired) electrons. The summed E-state index contributed by atoms with van der Waals surface area (Å²) in [4.78, 5) is 12.7. The highest BCUT2D eigenvalue weighted by molar-refractivity contribution is 9.10. The first-order valence-corrected chi connectivity index (χ1v) is 6.73. The van der Waals surface area contributed by atoms with Crippen LogP contribution in [0.4, 0.5) is 11.4 Å². The fourth-order valence-electron chi connectivity index (χ4n) is 2.24. The lowest BCUT2D eigenvalue weighted by Crippen LogP contribution is -2.39. The number of nitrogens with zero attached hydrogens (tertiary/aromatic N) is 2. The van der Waals surface area contributed by atoms with Crippen molar-refractivity contribution in [3.63, 3.8) is 0 Å². The zero-order valence-electron chi connectivity index (χ0n) is 10.2. The van der Waals surface area contributed by atoms with E-state index in [0.717, 1.165) is 36.1 Å². The summed E-state index contributed by atoms with van der Waals surface area (Å²) >= 11 is 3.42. The fraction of sp³-hybridized carbons (Fsp3) is 0.500. The molecular formula is C12H16BrN3O2. The van der Waals surface area contributed by atoms with Crippen molar-refractivity contribution >= 4 is 27.3 Å². The van der Waals surface area contributed by atoms with Crippen LogP contribution in [0.25, 0.3) is 0 Å². The quantitative estimate of drug-likeness (QED) is 0.673. The summed E-state index contributed by atoms with van der Waals surface area (Å²) in [6, 6.07) is 3.73. The van der Waals surface area contributed by atoms with Crippen molar-refractivity contribution in [1.82, 2.24) is 0 Å². The molecular weight excluding hydrogens is 298 g/mol. The molecule has 1 aliphatic heterocycles. The summed E-state index contributed by atoms with van der Waals surface area (Å²) in [5, 5.41) is 10.9. The van der Waals surface area contributed by atoms with E-state index in [9.17, 15) is 10.1 Å². The third-order valence-corrected chi connectivity index (χ3v) is 3.98. The molecule has 2 rings (SSSR count). The standard InChI is InChI=1S/C12H16BrN3O2/c1-8-6-12(10(13)7-11(8)16(17)18)15-4-2-9(14)3-5-15/h6-7,9H,2-5,14H2,1H3. The van der Waals surface area contributed by atoms with Crippen LogP contribution in [0.1, 0.15) is 18.4 Å². The Morgan fingerprint density at radius 1 is 1.44 bits per heavy atom. The highest BCUT2D eigenvalue weighted by atomic mass is 79.9. The molecule has 0 aliphatic carbocycles. The van der Waals surface area contributed by atoms with Crippen molar-refractivity contribution < 1.29 is 4.92 Å². The smallest absolute Gasteiger partial charge is 0.273 e. The molecule has 2 N–H and O–H groups in total. The molecule has 98 valence electrons. The van der Waals surface area contributed by atoms with E-state index in [2.05, 4.69) is 20.8 Å². The largest absolute Gasteiger partial charge is 0.370 e. The van der Waals surface area contributed by atoms with Gasteiger partial charge in [-0.3, -0.25) is 10.1 Å². The van der Waals surface area contributed by atoms with Crippen LogP contribution in [0, 0.1) is 17.0 Å². The van der Waals surface area contributed by atoms with Crippen LogP contribution in [0.3, 0.4) is 0 Å². The lowest BCUT2D eigenvalue weighted by molar-refractivity contribution is -0.385. The lowest BCUT2D eigenvalue weighted by atomic mass is 10.0. The van der Waals surface area contributed by atoms with Crippen LogP contribution >= 0.6 is 15.9 Å². The van der Waals surface area contributed by atoms with Crippen molar-refractivity contribution in [2.24, 2.45) is 5.73 Å². The number of aryl methyl sites for hydroxylation is 1. The minimum Gasteiger partial charge on any atom is -0.370 e. The predicted octanol–water partition coefficient (Wildman–Crippen LogP) is 2.59. The number of benzene rings is 1. The molecule has 1 saturated heterocycles. The maximum atomic E-state index is 10.9. The summed E-state index contributed by atoms with van der Waals surface area (Å²) in [7, 11) is 0. The van der Waals surface area contributed by atoms with Gasteiger partial charge in [-0.25, -0.2) is 0 Å². The van der Waals surface area contributed by atoms with Crippen molar-refractivity contribution in [1.29, 1.82) is 0 Å². The van der Waals surface area contributed by atoms with E-state index >= 15 is 0 Å². The van der Waals surface area contributed by atoms with E-state index in [1.54, 1.807) is 13.0 Å². The highest BCUT2D eigenvalue weighted by Gasteiger charge is 2.21. The number of halogens is 1. The number of anilines is 1. The Hall–Kier alpha value is -1.14. The number of piperidine rings is 1. The number of nitro benzene ring substituents is 1. The summed E-state index contributed by atoms with van der Waals surface area (Å²) in [6.45, 7) is 3.57. The highest BCUT2D eigenvalue weighted by Crippen LogP contribution is 2.34. The number of nitro groups is 1. The zero-order valence-corrected chi connectivity index (χ0v) is 11.8. The molecule has 0 saturated carbocycles. The van der Waals surface area contributed by atoms with Crippen LogP contribution in [0.15, 0.2) is 16.6 Å². The normalized spacial score (nSPS) is 16.9. The minimum atomic E-state index is -0.351. The van der Waals surface area contributed by atoms with Crippen LogP contribution in [-0.2, 0) is 0 Å². The summed E-state index contributed by atoms with van der Waals surface area (Å²) in [5.74, 6) is 0. The third kappa shape index (κ3) is 2.64. The number of rotatable bonds is 2. The molecule has 1 fully saturated rings. The minimum absolute atomic E-state index is 0.152. The number of hydrogen-bond acceptors (Lipinski definition) is 4. The molecule has 0 bridgehead atoms. The van der Waals surface area contributed by atoms with E-state index in [4.69, 9.17) is 5.73 Å². The Morgan fingerprint density at radius 3 is 2.61 bits per heavy atom. The first kappa shape index (κ1) is 13.3. The second kappa shape index (κ2) is 5.24. The Morgan fingerprint density at radius 2 is 2.06 bits per heavy atom. The van der Waals surface area contributed by atoms with E-state index in [1.807, 2.05) is 6.07 Å². The Labute approximate surface area is 114 Å². The average Bonchev–Trinajstić information content (AvgIpc) is 2.32. The van der Waals surface area contributed by atoms with Gasteiger partial charge in [-0.05, 0) is 41.8 Å². The first-order valence-electron chi connectivity index (χ1n) is 5.94. The van der Waals surface area contributed by atoms with Gasteiger partial charge < -0.3 is 10.6 Å². The summed E-state index contributed by atoms with van der Waals surface area (Å²) in [5.41, 5.74) is 7.74. The molecule has 5 nitrogen and oxygen atoms in total. The molecule has 1 heterocycles. The van der Waals surface area contributed by atoms with E-state index in [0.29, 0.717) is 5.56 Å². The van der Waals surface area contributed by atoms with Gasteiger partial charge in [0.1, 0.15) is 0 Å². The van der Waals surface area contributed by atoms with Gasteiger partial charge in [-0.1, -0.05) is 0 Å². The first-order chi connectivity index (χ1) is 8.49.